The molecule has 0 aliphatic heterocycles. The molecule has 0 saturated heterocycles. The molecule has 254 valence electrons. The van der Waals surface area contributed by atoms with E-state index in [1.54, 1.807) is 35.3 Å². The normalized spacial score (nSPS) is 17.9. The number of ketones is 1. The summed E-state index contributed by atoms with van der Waals surface area (Å²) in [5.41, 5.74) is 6.81. The van der Waals surface area contributed by atoms with E-state index in [1.807, 2.05) is 53.5 Å². The third kappa shape index (κ3) is 9.25. The van der Waals surface area contributed by atoms with E-state index in [0.29, 0.717) is 6.42 Å². The minimum Gasteiger partial charge on any atom is -0.497 e. The van der Waals surface area contributed by atoms with E-state index in [4.69, 9.17) is 24.2 Å². The Morgan fingerprint density at radius 2 is 1.02 bits per heavy atom. The van der Waals surface area contributed by atoms with Gasteiger partial charge in [-0.05, 0) is 120 Å². The van der Waals surface area contributed by atoms with Crippen molar-refractivity contribution in [3.05, 3.63) is 88.0 Å². The smallest absolute Gasteiger partial charge is 0.310 e. The van der Waals surface area contributed by atoms with E-state index in [-0.39, 0.29) is 29.4 Å². The second-order valence-electron chi connectivity index (χ2n) is 11.4. The number of likely N-dealkylation sites (N-methyl/N-ethyl adjacent to an activating group) is 1. The molecule has 3 aliphatic carbocycles. The fourth-order valence-electron chi connectivity index (χ4n) is 6.37. The number of Topliss-reactive ketones (excluding diaryl/α,β-unsaturated/α-hetero) is 1. The first-order valence-corrected chi connectivity index (χ1v) is 17.7. The molecule has 3 aromatic rings. The summed E-state index contributed by atoms with van der Waals surface area (Å²) in [6, 6.07) is 17.6. The van der Waals surface area contributed by atoms with Crippen molar-refractivity contribution in [2.45, 2.75) is 63.2 Å². The number of aliphatic carboxylic acids is 1. The number of carbonyl (C=O) groups is 3. The van der Waals surface area contributed by atoms with Crippen LogP contribution in [0.2, 0.25) is 0 Å². The summed E-state index contributed by atoms with van der Waals surface area (Å²) >= 11 is 2.15. The number of methoxy groups -OCH3 is 3. The van der Waals surface area contributed by atoms with E-state index in [9.17, 15) is 14.4 Å². The molecule has 47 heavy (non-hydrogen) atoms. The van der Waals surface area contributed by atoms with Crippen molar-refractivity contribution in [3.63, 3.8) is 0 Å². The molecule has 0 saturated carbocycles. The molecule has 0 spiro atoms. The van der Waals surface area contributed by atoms with E-state index >= 15 is 0 Å². The van der Waals surface area contributed by atoms with E-state index in [2.05, 4.69) is 28.7 Å². The van der Waals surface area contributed by atoms with Crippen LogP contribution in [0.15, 0.2) is 54.6 Å². The molecule has 3 unspecified atom stereocenters. The summed E-state index contributed by atoms with van der Waals surface area (Å²) in [7, 11) is 8.01. The van der Waals surface area contributed by atoms with Gasteiger partial charge in [0.25, 0.3) is 5.91 Å². The van der Waals surface area contributed by atoms with Crippen LogP contribution in [0.5, 0.6) is 17.2 Å². The Morgan fingerprint density at radius 1 is 0.660 bits per heavy atom. The van der Waals surface area contributed by atoms with Gasteiger partial charge in [-0.25, -0.2) is 5.06 Å². The number of hydroxylamine groups is 2. The van der Waals surface area contributed by atoms with Gasteiger partial charge >= 0.3 is 5.97 Å². The van der Waals surface area contributed by atoms with Gasteiger partial charge < -0.3 is 19.3 Å². The Hall–Kier alpha value is -3.64. The number of nitrogens with zero attached hydrogens (tertiary/aromatic N) is 1. The summed E-state index contributed by atoms with van der Waals surface area (Å²) in [6.45, 7) is 1.67. The molecule has 3 aliphatic rings. The van der Waals surface area contributed by atoms with Crippen molar-refractivity contribution in [3.8, 4) is 17.2 Å². The number of hydrogen-bond acceptors (Lipinski definition) is 7. The average molecular weight is 760 g/mol. The molecule has 10 heteroatoms. The number of aryl methyl sites for hydroxylation is 3. The highest BCUT2D eigenvalue weighted by atomic mass is 127. The number of fused-ring (bicyclic) bond motifs is 3. The number of amides is 1. The van der Waals surface area contributed by atoms with Crippen molar-refractivity contribution in [2.75, 3.05) is 40.4 Å². The maximum atomic E-state index is 12.1. The van der Waals surface area contributed by atoms with Crippen molar-refractivity contribution in [2.24, 2.45) is 0 Å². The number of carboxylic acid groups (broad SMARTS) is 1. The lowest BCUT2D eigenvalue weighted by atomic mass is 9.97. The Balaban J connectivity index is 0.000000188. The Morgan fingerprint density at radius 3 is 1.38 bits per heavy atom. The fraction of sp³-hybridized carbons (Fsp3) is 0.432. The van der Waals surface area contributed by atoms with Crippen LogP contribution >= 0.6 is 22.6 Å². The maximum absolute atomic E-state index is 12.1. The zero-order chi connectivity index (χ0) is 34.7. The lowest BCUT2D eigenvalue weighted by Gasteiger charge is -2.19. The number of benzene rings is 3. The van der Waals surface area contributed by atoms with Gasteiger partial charge in [-0.3, -0.25) is 19.2 Å². The molecule has 0 bridgehead atoms. The summed E-state index contributed by atoms with van der Waals surface area (Å²) in [5, 5.41) is 10.3. The number of carboxylic acids is 1. The number of alkyl halides is 1. The van der Waals surface area contributed by atoms with Crippen molar-refractivity contribution < 1.29 is 38.5 Å². The SMILES string of the molecule is CI.COc1ccc2c(c1)C(C(=O)N(C)OC)CC2.COc1ccc2c(c1)C(C(=O)O)CC2.COc1ccc2c(c1)C(C(C)=O)CC2. The molecular weight excluding hydrogens is 713 g/mol. The molecule has 6 rings (SSSR count). The monoisotopic (exact) mass is 759 g/mol. The van der Waals surface area contributed by atoms with Gasteiger partial charge in [0.2, 0.25) is 0 Å². The van der Waals surface area contributed by atoms with Gasteiger partial charge in [0.1, 0.15) is 23.0 Å². The Kier molecular flexibility index (Phi) is 14.5. The number of hydrogen-bond donors (Lipinski definition) is 1. The molecule has 0 radical (unpaired) electrons. The first-order chi connectivity index (χ1) is 22.6. The van der Waals surface area contributed by atoms with Crippen LogP contribution in [-0.2, 0) is 38.5 Å². The standard InChI is InChI=1S/C13H17NO3.C12H14O2.C11H12O3.CH3I/c1-14(17-3)13(15)11-7-5-9-4-6-10(16-2)8-12(9)11;1-8(13)11-6-4-9-3-5-10(14-2)7-12(9)11;1-14-8-4-2-7-3-5-9(11(12)13)10(7)6-8;1-2/h4,6,8,11H,5,7H2,1-3H3;3,5,7,11H,4,6H2,1-2H3;2,4,6,9H,3,5H2,1H3,(H,12,13);1H3. The molecule has 9 nitrogen and oxygen atoms in total. The second kappa shape index (κ2) is 18.1. The molecule has 1 amide bonds. The van der Waals surface area contributed by atoms with E-state index in [1.165, 1.54) is 23.3 Å². The van der Waals surface area contributed by atoms with Crippen LogP contribution in [0.25, 0.3) is 0 Å². The third-order valence-electron chi connectivity index (χ3n) is 8.96. The van der Waals surface area contributed by atoms with Gasteiger partial charge in [0, 0.05) is 13.0 Å². The van der Waals surface area contributed by atoms with Crippen LogP contribution in [0, 0.1) is 0 Å². The quantitative estimate of drug-likeness (QED) is 0.157. The molecule has 0 fully saturated rings. The second-order valence-corrected chi connectivity index (χ2v) is 11.4. The minimum absolute atomic E-state index is 0.000460. The van der Waals surface area contributed by atoms with Crippen LogP contribution in [0.4, 0.5) is 0 Å². The summed E-state index contributed by atoms with van der Waals surface area (Å²) < 4.78 is 15.4. The van der Waals surface area contributed by atoms with E-state index < -0.39 is 5.97 Å². The summed E-state index contributed by atoms with van der Waals surface area (Å²) in [4.78, 5) is 41.3. The lowest BCUT2D eigenvalue weighted by Crippen LogP contribution is -2.29. The lowest BCUT2D eigenvalue weighted by molar-refractivity contribution is -0.170. The highest BCUT2D eigenvalue weighted by Gasteiger charge is 2.31. The van der Waals surface area contributed by atoms with Gasteiger partial charge in [-0.15, -0.1) is 0 Å². The van der Waals surface area contributed by atoms with Crippen molar-refractivity contribution >= 4 is 40.3 Å². The molecule has 3 aromatic carbocycles. The Bertz CT molecular complexity index is 1470. The van der Waals surface area contributed by atoms with Gasteiger partial charge in [0.05, 0.1) is 40.3 Å². The topological polar surface area (TPSA) is 112 Å². The predicted molar refractivity (Wildman–Crippen MR) is 190 cm³/mol. The Labute approximate surface area is 291 Å². The largest absolute Gasteiger partial charge is 0.497 e. The van der Waals surface area contributed by atoms with Crippen molar-refractivity contribution in [1.29, 1.82) is 0 Å². The van der Waals surface area contributed by atoms with Crippen molar-refractivity contribution in [1.82, 2.24) is 5.06 Å². The van der Waals surface area contributed by atoms with E-state index in [0.717, 1.165) is 71.6 Å². The third-order valence-corrected chi connectivity index (χ3v) is 8.96. The summed E-state index contributed by atoms with van der Waals surface area (Å²) in [6.07, 6.45) is 5.32. The molecular formula is C37H46INO8. The molecule has 0 aromatic heterocycles. The fourth-order valence-corrected chi connectivity index (χ4v) is 6.37. The summed E-state index contributed by atoms with van der Waals surface area (Å²) in [5.74, 6) is 1.54. The predicted octanol–water partition coefficient (Wildman–Crippen LogP) is 6.92. The number of halogens is 1. The molecule has 0 heterocycles. The molecule has 3 atom stereocenters. The van der Waals surface area contributed by atoms with Crippen LogP contribution in [-0.4, -0.2) is 68.2 Å². The zero-order valence-corrected chi connectivity index (χ0v) is 30.5. The minimum atomic E-state index is -0.739. The average Bonchev–Trinajstić information content (AvgIpc) is 3.84. The highest BCUT2D eigenvalue weighted by Crippen LogP contribution is 2.38. The van der Waals surface area contributed by atoms with Gasteiger partial charge in [-0.1, -0.05) is 40.8 Å². The number of rotatable bonds is 7. The molecule has 1 N–H and O–H groups in total. The maximum Gasteiger partial charge on any atom is 0.310 e. The number of ether oxygens (including phenoxy) is 3. The highest BCUT2D eigenvalue weighted by molar-refractivity contribution is 14.1. The first kappa shape index (κ1) is 37.8. The van der Waals surface area contributed by atoms with Gasteiger partial charge in [0.15, 0.2) is 0 Å². The zero-order valence-electron chi connectivity index (χ0n) is 28.3. The van der Waals surface area contributed by atoms with Crippen LogP contribution < -0.4 is 14.2 Å². The first-order valence-electron chi connectivity index (χ1n) is 15.5. The van der Waals surface area contributed by atoms with Crippen LogP contribution in [0.3, 0.4) is 0 Å². The van der Waals surface area contributed by atoms with Crippen LogP contribution in [0.1, 0.15) is 77.3 Å². The number of carbonyl (C=O) groups excluding carboxylic acids is 2. The van der Waals surface area contributed by atoms with Gasteiger partial charge in [-0.2, -0.15) is 0 Å².